The highest BCUT2D eigenvalue weighted by molar-refractivity contribution is 7.15. The van der Waals surface area contributed by atoms with E-state index in [-0.39, 0.29) is 5.41 Å². The molecule has 5 rings (SSSR count). The maximum absolute atomic E-state index is 4.55. The Balaban J connectivity index is 1.26. The molecule has 138 valence electrons. The Kier molecular flexibility index (Phi) is 3.71. The van der Waals surface area contributed by atoms with Gasteiger partial charge in [0.1, 0.15) is 17.2 Å². The number of hydrogen-bond donors (Lipinski definition) is 0. The van der Waals surface area contributed by atoms with Crippen molar-refractivity contribution in [1.82, 2.24) is 20.2 Å². The lowest BCUT2D eigenvalue weighted by molar-refractivity contribution is 0.533. The molecule has 0 spiro atoms. The molecular weight excluding hydrogens is 344 g/mol. The SMILES string of the molecule is CC(C)(C)c1cc(N2CC3CN(c4nnc(C5CC5)s4)CC3C2)ncn1. The fourth-order valence-electron chi connectivity index (χ4n) is 4.12. The Morgan fingerprint density at radius 3 is 2.31 bits per heavy atom. The van der Waals surface area contributed by atoms with Gasteiger partial charge in [-0.2, -0.15) is 0 Å². The third kappa shape index (κ3) is 2.96. The highest BCUT2D eigenvalue weighted by Crippen LogP contribution is 2.44. The van der Waals surface area contributed by atoms with E-state index in [1.165, 1.54) is 17.8 Å². The summed E-state index contributed by atoms with van der Waals surface area (Å²) in [5, 5.41) is 11.2. The molecule has 3 aliphatic rings. The van der Waals surface area contributed by atoms with Crippen LogP contribution < -0.4 is 9.80 Å². The third-order valence-electron chi connectivity index (χ3n) is 5.86. The summed E-state index contributed by atoms with van der Waals surface area (Å²) >= 11 is 1.81. The van der Waals surface area contributed by atoms with E-state index in [0.29, 0.717) is 17.8 Å². The smallest absolute Gasteiger partial charge is 0.208 e. The van der Waals surface area contributed by atoms with E-state index in [2.05, 4.69) is 56.8 Å². The maximum Gasteiger partial charge on any atom is 0.208 e. The lowest BCUT2D eigenvalue weighted by atomic mass is 9.92. The lowest BCUT2D eigenvalue weighted by Gasteiger charge is -2.24. The van der Waals surface area contributed by atoms with Crippen LogP contribution in [-0.4, -0.2) is 46.3 Å². The Morgan fingerprint density at radius 1 is 0.962 bits per heavy atom. The Labute approximate surface area is 158 Å². The molecule has 7 heteroatoms. The molecule has 1 saturated carbocycles. The molecule has 0 N–H and O–H groups in total. The standard InChI is InChI=1S/C19H26N6S/c1-19(2,3)15-6-16(21-11-20-15)24-7-13-9-25(10-14(13)8-24)18-23-22-17(26-18)12-4-5-12/h6,11-14H,4-5,7-10H2,1-3H3. The summed E-state index contributed by atoms with van der Waals surface area (Å²) in [6.07, 6.45) is 4.31. The van der Waals surface area contributed by atoms with Crippen LogP contribution in [0.15, 0.2) is 12.4 Å². The molecule has 2 unspecified atom stereocenters. The zero-order valence-corrected chi connectivity index (χ0v) is 16.5. The second-order valence-electron chi connectivity index (χ2n) is 9.04. The van der Waals surface area contributed by atoms with E-state index in [1.807, 2.05) is 11.3 Å². The molecule has 0 aromatic carbocycles. The van der Waals surface area contributed by atoms with E-state index in [4.69, 9.17) is 0 Å². The lowest BCUT2D eigenvalue weighted by Crippen LogP contribution is -2.29. The average Bonchev–Trinajstić information content (AvgIpc) is 3.03. The summed E-state index contributed by atoms with van der Waals surface area (Å²) in [5.41, 5.74) is 1.17. The van der Waals surface area contributed by atoms with Crippen molar-refractivity contribution < 1.29 is 0 Å². The largest absolute Gasteiger partial charge is 0.356 e. The van der Waals surface area contributed by atoms with Gasteiger partial charge in [0.15, 0.2) is 0 Å². The zero-order chi connectivity index (χ0) is 17.9. The van der Waals surface area contributed by atoms with Gasteiger partial charge in [-0.15, -0.1) is 10.2 Å². The average molecular weight is 371 g/mol. The second-order valence-corrected chi connectivity index (χ2v) is 10.0. The zero-order valence-electron chi connectivity index (χ0n) is 15.7. The van der Waals surface area contributed by atoms with Crippen molar-refractivity contribution >= 4 is 22.3 Å². The van der Waals surface area contributed by atoms with Crippen molar-refractivity contribution in [1.29, 1.82) is 0 Å². The Hall–Kier alpha value is -1.76. The number of fused-ring (bicyclic) bond motifs is 1. The fraction of sp³-hybridized carbons (Fsp3) is 0.684. The van der Waals surface area contributed by atoms with Crippen LogP contribution in [0.1, 0.15) is 50.2 Å². The minimum absolute atomic E-state index is 0.0567. The number of nitrogens with zero attached hydrogens (tertiary/aromatic N) is 6. The number of aromatic nitrogens is 4. The molecule has 2 atom stereocenters. The summed E-state index contributed by atoms with van der Waals surface area (Å²) in [6, 6.07) is 2.17. The highest BCUT2D eigenvalue weighted by atomic mass is 32.1. The molecule has 2 saturated heterocycles. The molecule has 0 amide bonds. The molecule has 2 aromatic rings. The molecule has 1 aliphatic carbocycles. The monoisotopic (exact) mass is 370 g/mol. The van der Waals surface area contributed by atoms with Gasteiger partial charge in [0.25, 0.3) is 0 Å². The van der Waals surface area contributed by atoms with E-state index in [1.54, 1.807) is 6.33 Å². The topological polar surface area (TPSA) is 58.0 Å². The minimum atomic E-state index is 0.0567. The van der Waals surface area contributed by atoms with E-state index >= 15 is 0 Å². The first kappa shape index (κ1) is 16.4. The molecule has 3 fully saturated rings. The van der Waals surface area contributed by atoms with Crippen molar-refractivity contribution in [3.63, 3.8) is 0 Å². The minimum Gasteiger partial charge on any atom is -0.356 e. The highest BCUT2D eigenvalue weighted by Gasteiger charge is 2.42. The van der Waals surface area contributed by atoms with Gasteiger partial charge >= 0.3 is 0 Å². The quantitative estimate of drug-likeness (QED) is 0.828. The predicted molar refractivity (Wildman–Crippen MR) is 104 cm³/mol. The first-order valence-corrected chi connectivity index (χ1v) is 10.4. The van der Waals surface area contributed by atoms with Crippen molar-refractivity contribution in [2.75, 3.05) is 36.0 Å². The van der Waals surface area contributed by atoms with Crippen LogP contribution in [0.2, 0.25) is 0 Å². The summed E-state index contributed by atoms with van der Waals surface area (Å²) in [6.45, 7) is 11.0. The van der Waals surface area contributed by atoms with Crippen LogP contribution in [0, 0.1) is 11.8 Å². The molecule has 2 aromatic heterocycles. The molecule has 2 aliphatic heterocycles. The van der Waals surface area contributed by atoms with Gasteiger partial charge in [-0.3, -0.25) is 0 Å². The first-order chi connectivity index (χ1) is 12.5. The van der Waals surface area contributed by atoms with Gasteiger partial charge in [0.2, 0.25) is 5.13 Å². The van der Waals surface area contributed by atoms with E-state index in [9.17, 15) is 0 Å². The van der Waals surface area contributed by atoms with Gasteiger partial charge < -0.3 is 9.80 Å². The molecular formula is C19H26N6S. The summed E-state index contributed by atoms with van der Waals surface area (Å²) in [4.78, 5) is 13.9. The van der Waals surface area contributed by atoms with Crippen molar-refractivity contribution in [3.05, 3.63) is 23.1 Å². The van der Waals surface area contributed by atoms with Crippen molar-refractivity contribution in [2.24, 2.45) is 11.8 Å². The number of rotatable bonds is 3. The summed E-state index contributed by atoms with van der Waals surface area (Å²) < 4.78 is 0. The van der Waals surface area contributed by atoms with Gasteiger partial charge in [-0.1, -0.05) is 32.1 Å². The Bertz CT molecular complexity index is 794. The van der Waals surface area contributed by atoms with Crippen LogP contribution in [0.4, 0.5) is 10.9 Å². The van der Waals surface area contributed by atoms with E-state index in [0.717, 1.165) is 42.8 Å². The van der Waals surface area contributed by atoms with Crippen LogP contribution in [0.5, 0.6) is 0 Å². The van der Waals surface area contributed by atoms with Gasteiger partial charge in [-0.05, 0) is 12.8 Å². The second kappa shape index (κ2) is 5.87. The molecule has 6 nitrogen and oxygen atoms in total. The van der Waals surface area contributed by atoms with Crippen molar-refractivity contribution in [3.8, 4) is 0 Å². The Morgan fingerprint density at radius 2 is 1.65 bits per heavy atom. The normalized spacial score (nSPS) is 25.8. The van der Waals surface area contributed by atoms with Gasteiger partial charge in [-0.25, -0.2) is 9.97 Å². The van der Waals surface area contributed by atoms with Crippen LogP contribution in [-0.2, 0) is 5.41 Å². The van der Waals surface area contributed by atoms with E-state index < -0.39 is 0 Å². The van der Waals surface area contributed by atoms with Gasteiger partial charge in [0, 0.05) is 55.4 Å². The molecule has 0 radical (unpaired) electrons. The molecule has 0 bridgehead atoms. The number of anilines is 2. The molecule has 4 heterocycles. The summed E-state index contributed by atoms with van der Waals surface area (Å²) in [5.74, 6) is 3.17. The van der Waals surface area contributed by atoms with Crippen molar-refractivity contribution in [2.45, 2.75) is 44.9 Å². The van der Waals surface area contributed by atoms with Gasteiger partial charge in [0.05, 0.1) is 5.69 Å². The van der Waals surface area contributed by atoms with Crippen LogP contribution in [0.25, 0.3) is 0 Å². The van der Waals surface area contributed by atoms with Crippen LogP contribution in [0.3, 0.4) is 0 Å². The summed E-state index contributed by atoms with van der Waals surface area (Å²) in [7, 11) is 0. The van der Waals surface area contributed by atoms with Crippen LogP contribution >= 0.6 is 11.3 Å². The maximum atomic E-state index is 4.55. The number of hydrogen-bond acceptors (Lipinski definition) is 7. The third-order valence-corrected chi connectivity index (χ3v) is 7.00. The molecule has 26 heavy (non-hydrogen) atoms. The predicted octanol–water partition coefficient (Wildman–Crippen LogP) is 3.08. The first-order valence-electron chi connectivity index (χ1n) is 9.63. The fourth-order valence-corrected chi connectivity index (χ4v) is 5.15.